The largest absolute Gasteiger partial charge is 0.493 e. The molecular weight excluding hydrogens is 440 g/mol. The lowest BCUT2D eigenvalue weighted by molar-refractivity contribution is -0.123. The van der Waals surface area contributed by atoms with Crippen LogP contribution in [0.15, 0.2) is 71.8 Å². The summed E-state index contributed by atoms with van der Waals surface area (Å²) < 4.78 is 16.8. The molecule has 0 unspecified atom stereocenters. The highest BCUT2D eigenvalue weighted by Gasteiger charge is 2.08. The van der Waals surface area contributed by atoms with Gasteiger partial charge in [-0.15, -0.1) is 0 Å². The fraction of sp³-hybridized carbons (Fsp3) is 0.231. The number of carbonyl (C=O) groups excluding carboxylic acids is 1. The van der Waals surface area contributed by atoms with Crippen LogP contribution in [0.5, 0.6) is 17.2 Å². The normalized spacial score (nSPS) is 10.9. The van der Waals surface area contributed by atoms with Crippen LogP contribution >= 0.6 is 11.6 Å². The van der Waals surface area contributed by atoms with Gasteiger partial charge in [-0.2, -0.15) is 5.10 Å². The average molecular weight is 467 g/mol. The second-order valence-electron chi connectivity index (χ2n) is 7.60. The number of benzene rings is 3. The van der Waals surface area contributed by atoms with Gasteiger partial charge >= 0.3 is 0 Å². The van der Waals surface area contributed by atoms with Crippen LogP contribution < -0.4 is 19.6 Å². The highest BCUT2D eigenvalue weighted by atomic mass is 35.5. The van der Waals surface area contributed by atoms with Crippen LogP contribution in [0.1, 0.15) is 36.5 Å². The van der Waals surface area contributed by atoms with Crippen LogP contribution in [0.3, 0.4) is 0 Å². The Morgan fingerprint density at radius 1 is 1.03 bits per heavy atom. The summed E-state index contributed by atoms with van der Waals surface area (Å²) in [4.78, 5) is 12.0. The predicted molar refractivity (Wildman–Crippen MR) is 131 cm³/mol. The molecule has 6 nitrogen and oxygen atoms in total. The standard InChI is InChI=1S/C26H27ClN2O4/c1-18(2)20-8-6-9-22(14-20)32-17-26(30)29-28-15-19-11-12-24(25(13-19)31-3)33-16-21-7-4-5-10-23(21)27/h4-15,18H,16-17H2,1-3H3,(H,29,30)/b28-15+. The summed E-state index contributed by atoms with van der Waals surface area (Å²) in [6, 6.07) is 20.6. The Bertz CT molecular complexity index is 1110. The summed E-state index contributed by atoms with van der Waals surface area (Å²) in [6.07, 6.45) is 1.53. The monoisotopic (exact) mass is 466 g/mol. The van der Waals surface area contributed by atoms with Crippen molar-refractivity contribution in [1.29, 1.82) is 0 Å². The van der Waals surface area contributed by atoms with Crippen molar-refractivity contribution in [3.8, 4) is 17.2 Å². The maximum absolute atomic E-state index is 12.0. The number of methoxy groups -OCH3 is 1. The van der Waals surface area contributed by atoms with E-state index in [0.29, 0.717) is 34.8 Å². The first kappa shape index (κ1) is 24.1. The summed E-state index contributed by atoms with van der Waals surface area (Å²) in [6.45, 7) is 4.40. The second-order valence-corrected chi connectivity index (χ2v) is 8.01. The SMILES string of the molecule is COc1cc(/C=N/NC(=O)COc2cccc(C(C)C)c2)ccc1OCc1ccccc1Cl. The maximum Gasteiger partial charge on any atom is 0.277 e. The van der Waals surface area contributed by atoms with Gasteiger partial charge in [0.25, 0.3) is 5.91 Å². The molecule has 0 spiro atoms. The zero-order chi connectivity index (χ0) is 23.6. The minimum absolute atomic E-state index is 0.128. The molecule has 172 valence electrons. The summed E-state index contributed by atoms with van der Waals surface area (Å²) in [5.74, 6) is 1.81. The van der Waals surface area contributed by atoms with E-state index in [1.165, 1.54) is 6.21 Å². The van der Waals surface area contributed by atoms with Crippen molar-refractivity contribution >= 4 is 23.7 Å². The number of hydrogen-bond acceptors (Lipinski definition) is 5. The van der Waals surface area contributed by atoms with Gasteiger partial charge in [0.15, 0.2) is 18.1 Å². The Labute approximate surface area is 199 Å². The first-order valence-corrected chi connectivity index (χ1v) is 10.9. The van der Waals surface area contributed by atoms with Crippen LogP contribution in [-0.4, -0.2) is 25.8 Å². The van der Waals surface area contributed by atoms with Gasteiger partial charge in [-0.25, -0.2) is 5.43 Å². The van der Waals surface area contributed by atoms with Crippen molar-refractivity contribution < 1.29 is 19.0 Å². The van der Waals surface area contributed by atoms with E-state index in [-0.39, 0.29) is 12.5 Å². The number of nitrogens with one attached hydrogen (secondary N) is 1. The van der Waals surface area contributed by atoms with Crippen molar-refractivity contribution in [2.75, 3.05) is 13.7 Å². The number of hydrazone groups is 1. The van der Waals surface area contributed by atoms with E-state index < -0.39 is 0 Å². The fourth-order valence-corrected chi connectivity index (χ4v) is 3.17. The zero-order valence-electron chi connectivity index (χ0n) is 18.9. The lowest BCUT2D eigenvalue weighted by atomic mass is 10.0. The van der Waals surface area contributed by atoms with Gasteiger partial charge in [0, 0.05) is 10.6 Å². The lowest BCUT2D eigenvalue weighted by Crippen LogP contribution is -2.24. The Kier molecular flexibility index (Phi) is 8.72. The van der Waals surface area contributed by atoms with Crippen LogP contribution in [0.4, 0.5) is 0 Å². The smallest absolute Gasteiger partial charge is 0.277 e. The molecule has 0 aromatic heterocycles. The first-order chi connectivity index (χ1) is 16.0. The van der Waals surface area contributed by atoms with Crippen molar-refractivity contribution in [2.45, 2.75) is 26.4 Å². The molecule has 1 amide bonds. The minimum atomic E-state index is -0.354. The number of nitrogens with zero attached hydrogens (tertiary/aromatic N) is 1. The average Bonchev–Trinajstić information content (AvgIpc) is 2.82. The quantitative estimate of drug-likeness (QED) is 0.313. The van der Waals surface area contributed by atoms with Crippen molar-refractivity contribution in [2.24, 2.45) is 5.10 Å². The topological polar surface area (TPSA) is 69.2 Å². The van der Waals surface area contributed by atoms with Gasteiger partial charge in [-0.1, -0.05) is 55.8 Å². The number of hydrogen-bond donors (Lipinski definition) is 1. The van der Waals surface area contributed by atoms with Gasteiger partial charge < -0.3 is 14.2 Å². The fourth-order valence-electron chi connectivity index (χ4n) is 2.98. The molecule has 3 rings (SSSR count). The van der Waals surface area contributed by atoms with Crippen molar-refractivity contribution in [1.82, 2.24) is 5.43 Å². The third-order valence-corrected chi connectivity index (χ3v) is 5.19. The van der Waals surface area contributed by atoms with Crippen LogP contribution in [0, 0.1) is 0 Å². The number of halogens is 1. The minimum Gasteiger partial charge on any atom is -0.493 e. The molecule has 0 atom stereocenters. The molecule has 7 heteroatoms. The molecule has 0 fully saturated rings. The molecule has 0 saturated heterocycles. The van der Waals surface area contributed by atoms with Crippen LogP contribution in [0.2, 0.25) is 5.02 Å². The molecule has 0 heterocycles. The van der Waals surface area contributed by atoms with E-state index in [4.69, 9.17) is 25.8 Å². The molecule has 0 aliphatic rings. The molecular formula is C26H27ClN2O4. The molecule has 3 aromatic carbocycles. The summed E-state index contributed by atoms with van der Waals surface area (Å²) >= 11 is 6.18. The molecule has 0 aliphatic heterocycles. The Morgan fingerprint density at radius 2 is 1.85 bits per heavy atom. The highest BCUT2D eigenvalue weighted by Crippen LogP contribution is 2.29. The molecule has 1 N–H and O–H groups in total. The third-order valence-electron chi connectivity index (χ3n) is 4.83. The van der Waals surface area contributed by atoms with Gasteiger partial charge in [0.2, 0.25) is 0 Å². The van der Waals surface area contributed by atoms with Crippen LogP contribution in [0.25, 0.3) is 0 Å². The molecule has 0 bridgehead atoms. The first-order valence-electron chi connectivity index (χ1n) is 10.5. The Morgan fingerprint density at radius 3 is 2.61 bits per heavy atom. The van der Waals surface area contributed by atoms with E-state index in [2.05, 4.69) is 24.4 Å². The summed E-state index contributed by atoms with van der Waals surface area (Å²) in [5.41, 5.74) is 5.24. The van der Waals surface area contributed by atoms with E-state index >= 15 is 0 Å². The Balaban J connectivity index is 1.52. The van der Waals surface area contributed by atoms with Crippen molar-refractivity contribution in [3.63, 3.8) is 0 Å². The number of ether oxygens (including phenoxy) is 3. The zero-order valence-corrected chi connectivity index (χ0v) is 19.6. The number of rotatable bonds is 10. The summed E-state index contributed by atoms with van der Waals surface area (Å²) in [5, 5.41) is 4.64. The van der Waals surface area contributed by atoms with E-state index in [0.717, 1.165) is 16.7 Å². The second kappa shape index (κ2) is 11.9. The number of amides is 1. The van der Waals surface area contributed by atoms with Gasteiger partial charge in [0.05, 0.1) is 13.3 Å². The Hall–Kier alpha value is -3.51. The highest BCUT2D eigenvalue weighted by molar-refractivity contribution is 6.31. The van der Waals surface area contributed by atoms with Gasteiger partial charge in [0.1, 0.15) is 12.4 Å². The van der Waals surface area contributed by atoms with Crippen molar-refractivity contribution in [3.05, 3.63) is 88.4 Å². The molecule has 0 saturated carbocycles. The van der Waals surface area contributed by atoms with Crippen LogP contribution in [-0.2, 0) is 11.4 Å². The van der Waals surface area contributed by atoms with Gasteiger partial charge in [-0.3, -0.25) is 4.79 Å². The molecule has 3 aromatic rings. The van der Waals surface area contributed by atoms with E-state index in [1.807, 2.05) is 54.6 Å². The van der Waals surface area contributed by atoms with E-state index in [9.17, 15) is 4.79 Å². The van der Waals surface area contributed by atoms with Gasteiger partial charge in [-0.05, 0) is 53.4 Å². The summed E-state index contributed by atoms with van der Waals surface area (Å²) in [7, 11) is 1.56. The predicted octanol–water partition coefficient (Wildman–Crippen LogP) is 5.58. The molecule has 0 aliphatic carbocycles. The lowest BCUT2D eigenvalue weighted by Gasteiger charge is -2.12. The third kappa shape index (κ3) is 7.26. The molecule has 33 heavy (non-hydrogen) atoms. The number of carbonyl (C=O) groups is 1. The van der Waals surface area contributed by atoms with E-state index in [1.54, 1.807) is 19.2 Å². The maximum atomic E-state index is 12.0. The molecule has 0 radical (unpaired) electrons.